The van der Waals surface area contributed by atoms with Crippen molar-refractivity contribution in [3.8, 4) is 5.75 Å². The van der Waals surface area contributed by atoms with Crippen LogP contribution in [0.2, 0.25) is 5.02 Å². The number of halogens is 2. The van der Waals surface area contributed by atoms with E-state index in [1.54, 1.807) is 36.4 Å². The number of anilines is 1. The Bertz CT molecular complexity index is 1350. The molecule has 4 rings (SSSR count). The molecule has 1 heterocycles. The zero-order valence-electron chi connectivity index (χ0n) is 19.5. The molecule has 1 aliphatic rings. The summed E-state index contributed by atoms with van der Waals surface area (Å²) < 4.78 is 6.57. The largest absolute Gasteiger partial charge is 0.488 e. The average molecular weight is 586 g/mol. The van der Waals surface area contributed by atoms with E-state index >= 15 is 0 Å². The Morgan fingerprint density at radius 1 is 1.08 bits per heavy atom. The molecule has 6 nitrogen and oxygen atoms in total. The third-order valence-electron chi connectivity index (χ3n) is 5.48. The Kier molecular flexibility index (Phi) is 8.18. The molecule has 3 aromatic rings. The predicted molar refractivity (Wildman–Crippen MR) is 147 cm³/mol. The van der Waals surface area contributed by atoms with Gasteiger partial charge in [0.15, 0.2) is 0 Å². The molecule has 0 aromatic heterocycles. The maximum absolute atomic E-state index is 12.9. The lowest BCUT2D eigenvalue weighted by Crippen LogP contribution is -2.36. The van der Waals surface area contributed by atoms with Gasteiger partial charge in [-0.15, -0.1) is 0 Å². The van der Waals surface area contributed by atoms with Crippen LogP contribution in [0, 0.1) is 13.8 Å². The Hall–Kier alpha value is -3.07. The SMILES string of the molecule is Cc1cccc(C)c1NC(=O)CN1C(=O)S/C(=C/c2ccc(OCc3ccc(Cl)cc3)c(Br)c2)C1=O. The molecule has 36 heavy (non-hydrogen) atoms. The highest BCUT2D eigenvalue weighted by Crippen LogP contribution is 2.34. The van der Waals surface area contributed by atoms with Gasteiger partial charge in [0, 0.05) is 10.7 Å². The number of para-hydroxylation sites is 1. The number of ether oxygens (including phenoxy) is 1. The van der Waals surface area contributed by atoms with Crippen molar-refractivity contribution in [3.05, 3.63) is 97.3 Å². The van der Waals surface area contributed by atoms with Gasteiger partial charge >= 0.3 is 0 Å². The lowest BCUT2D eigenvalue weighted by Gasteiger charge is -2.15. The third kappa shape index (κ3) is 6.19. The third-order valence-corrected chi connectivity index (χ3v) is 7.26. The van der Waals surface area contributed by atoms with Crippen molar-refractivity contribution in [2.45, 2.75) is 20.5 Å². The number of carbonyl (C=O) groups is 3. The van der Waals surface area contributed by atoms with E-state index in [0.717, 1.165) is 33.4 Å². The van der Waals surface area contributed by atoms with Gasteiger partial charge in [-0.1, -0.05) is 48.0 Å². The summed E-state index contributed by atoms with van der Waals surface area (Å²) in [5, 5.41) is 2.99. The molecule has 0 spiro atoms. The molecule has 0 radical (unpaired) electrons. The van der Waals surface area contributed by atoms with E-state index in [1.807, 2.05) is 44.2 Å². The van der Waals surface area contributed by atoms with E-state index in [1.165, 1.54) is 0 Å². The van der Waals surface area contributed by atoms with Crippen LogP contribution < -0.4 is 10.1 Å². The molecule has 3 amide bonds. The molecular formula is C27H22BrClN2O4S. The minimum atomic E-state index is -0.499. The van der Waals surface area contributed by atoms with Crippen molar-refractivity contribution in [3.63, 3.8) is 0 Å². The van der Waals surface area contributed by atoms with Crippen LogP contribution in [0.3, 0.4) is 0 Å². The lowest BCUT2D eigenvalue weighted by atomic mass is 10.1. The van der Waals surface area contributed by atoms with E-state index < -0.39 is 17.1 Å². The second-order valence-corrected chi connectivity index (χ2v) is 10.5. The van der Waals surface area contributed by atoms with E-state index in [9.17, 15) is 14.4 Å². The highest BCUT2D eigenvalue weighted by Gasteiger charge is 2.36. The number of rotatable bonds is 7. The van der Waals surface area contributed by atoms with Crippen LogP contribution in [0.5, 0.6) is 5.75 Å². The molecule has 9 heteroatoms. The predicted octanol–water partition coefficient (Wildman–Crippen LogP) is 6.97. The number of thioether (sulfide) groups is 1. The Balaban J connectivity index is 1.41. The first-order chi connectivity index (χ1) is 17.2. The molecule has 1 aliphatic heterocycles. The van der Waals surface area contributed by atoms with Crippen LogP contribution in [-0.2, 0) is 16.2 Å². The van der Waals surface area contributed by atoms with Gasteiger partial charge in [0.2, 0.25) is 5.91 Å². The molecule has 184 valence electrons. The Labute approximate surface area is 226 Å². The van der Waals surface area contributed by atoms with E-state index in [-0.39, 0.29) is 11.4 Å². The van der Waals surface area contributed by atoms with Crippen molar-refractivity contribution in [2.24, 2.45) is 0 Å². The minimum absolute atomic E-state index is 0.251. The average Bonchev–Trinajstić information content (AvgIpc) is 3.09. The van der Waals surface area contributed by atoms with Crippen molar-refractivity contribution >= 4 is 68.1 Å². The molecule has 0 unspecified atom stereocenters. The monoisotopic (exact) mass is 584 g/mol. The fraction of sp³-hybridized carbons (Fsp3) is 0.148. The number of hydrogen-bond acceptors (Lipinski definition) is 5. The molecule has 1 saturated heterocycles. The lowest BCUT2D eigenvalue weighted by molar-refractivity contribution is -0.127. The van der Waals surface area contributed by atoms with Crippen LogP contribution in [0.15, 0.2) is 70.0 Å². The summed E-state index contributed by atoms with van der Waals surface area (Å²) in [6.07, 6.45) is 1.63. The van der Waals surface area contributed by atoms with Crippen LogP contribution in [-0.4, -0.2) is 28.5 Å². The van der Waals surface area contributed by atoms with E-state index in [0.29, 0.717) is 33.1 Å². The summed E-state index contributed by atoms with van der Waals surface area (Å²) in [4.78, 5) is 39.1. The molecule has 0 aliphatic carbocycles. The van der Waals surface area contributed by atoms with Gasteiger partial charge < -0.3 is 10.1 Å². The van der Waals surface area contributed by atoms with E-state index in [2.05, 4.69) is 21.2 Å². The summed E-state index contributed by atoms with van der Waals surface area (Å²) in [5.74, 6) is -0.292. The van der Waals surface area contributed by atoms with Gasteiger partial charge in [-0.05, 0) is 94.1 Å². The number of aryl methyl sites for hydroxylation is 2. The first kappa shape index (κ1) is 26.0. The molecular weight excluding hydrogens is 564 g/mol. The van der Waals surface area contributed by atoms with Crippen molar-refractivity contribution in [1.29, 1.82) is 0 Å². The van der Waals surface area contributed by atoms with Crippen molar-refractivity contribution in [1.82, 2.24) is 4.90 Å². The highest BCUT2D eigenvalue weighted by atomic mass is 79.9. The summed E-state index contributed by atoms with van der Waals surface area (Å²) in [6, 6.07) is 18.5. The van der Waals surface area contributed by atoms with Gasteiger partial charge in [-0.25, -0.2) is 0 Å². The maximum atomic E-state index is 12.9. The summed E-state index contributed by atoms with van der Waals surface area (Å²) >= 11 is 10.2. The molecule has 0 saturated carbocycles. The number of hydrogen-bond donors (Lipinski definition) is 1. The van der Waals surface area contributed by atoms with Gasteiger partial charge in [-0.3, -0.25) is 19.3 Å². The van der Waals surface area contributed by atoms with Gasteiger partial charge in [0.25, 0.3) is 11.1 Å². The number of benzene rings is 3. The standard InChI is InChI=1S/C27H22BrClN2O4S/c1-16-4-3-5-17(2)25(16)30-24(32)14-31-26(33)23(36-27(31)34)13-19-8-11-22(21(28)12-19)35-15-18-6-9-20(29)10-7-18/h3-13H,14-15H2,1-2H3,(H,30,32)/b23-13+. The maximum Gasteiger partial charge on any atom is 0.294 e. The minimum Gasteiger partial charge on any atom is -0.488 e. The number of carbonyl (C=O) groups excluding carboxylic acids is 3. The number of nitrogens with zero attached hydrogens (tertiary/aromatic N) is 1. The summed E-state index contributed by atoms with van der Waals surface area (Å²) in [5.41, 5.74) is 4.19. The molecule has 0 bridgehead atoms. The van der Waals surface area contributed by atoms with Crippen LogP contribution in [0.1, 0.15) is 22.3 Å². The normalized spacial score (nSPS) is 14.4. The molecule has 0 atom stereocenters. The second-order valence-electron chi connectivity index (χ2n) is 8.19. The zero-order chi connectivity index (χ0) is 25.8. The quantitative estimate of drug-likeness (QED) is 0.303. The number of amides is 3. The topological polar surface area (TPSA) is 75.7 Å². The number of imide groups is 1. The van der Waals surface area contributed by atoms with Crippen molar-refractivity contribution in [2.75, 3.05) is 11.9 Å². The first-order valence-electron chi connectivity index (χ1n) is 11.0. The number of nitrogens with one attached hydrogen (secondary N) is 1. The smallest absolute Gasteiger partial charge is 0.294 e. The van der Waals surface area contributed by atoms with Crippen LogP contribution in [0.4, 0.5) is 10.5 Å². The van der Waals surface area contributed by atoms with Crippen LogP contribution >= 0.6 is 39.3 Å². The first-order valence-corrected chi connectivity index (χ1v) is 13.0. The summed E-state index contributed by atoms with van der Waals surface area (Å²) in [7, 11) is 0. The van der Waals surface area contributed by atoms with Gasteiger partial charge in [-0.2, -0.15) is 0 Å². The fourth-order valence-corrected chi connectivity index (χ4v) is 5.06. The van der Waals surface area contributed by atoms with Gasteiger partial charge in [0.05, 0.1) is 9.38 Å². The fourth-order valence-electron chi connectivity index (χ4n) is 3.59. The molecule has 1 fully saturated rings. The Morgan fingerprint density at radius 3 is 2.44 bits per heavy atom. The zero-order valence-corrected chi connectivity index (χ0v) is 22.7. The molecule has 1 N–H and O–H groups in total. The van der Waals surface area contributed by atoms with Crippen molar-refractivity contribution < 1.29 is 19.1 Å². The van der Waals surface area contributed by atoms with Gasteiger partial charge in [0.1, 0.15) is 18.9 Å². The highest BCUT2D eigenvalue weighted by molar-refractivity contribution is 9.10. The second kappa shape index (κ2) is 11.3. The van der Waals surface area contributed by atoms with E-state index in [4.69, 9.17) is 16.3 Å². The summed E-state index contributed by atoms with van der Waals surface area (Å²) in [6.45, 7) is 3.80. The van der Waals surface area contributed by atoms with Crippen LogP contribution in [0.25, 0.3) is 6.08 Å². The Morgan fingerprint density at radius 2 is 1.78 bits per heavy atom. The molecule has 3 aromatic carbocycles.